The maximum absolute atomic E-state index is 13.8. The molecule has 0 unspecified atom stereocenters. The minimum absolute atomic E-state index is 0.0497. The highest BCUT2D eigenvalue weighted by Crippen LogP contribution is 2.35. The van der Waals surface area contributed by atoms with Crippen molar-refractivity contribution in [3.05, 3.63) is 93.3 Å². The van der Waals surface area contributed by atoms with Crippen LogP contribution in [0.25, 0.3) is 33.8 Å². The second kappa shape index (κ2) is 12.3. The summed E-state index contributed by atoms with van der Waals surface area (Å²) in [6, 6.07) is 11.5. The van der Waals surface area contributed by atoms with E-state index in [1.165, 1.54) is 16.8 Å². The number of primary amides is 1. The number of nitrogens with zero attached hydrogens (tertiary/aromatic N) is 7. The van der Waals surface area contributed by atoms with E-state index >= 15 is 0 Å². The lowest BCUT2D eigenvalue weighted by Gasteiger charge is -2.32. The molecule has 4 aromatic heterocycles. The van der Waals surface area contributed by atoms with Crippen molar-refractivity contribution in [2.75, 3.05) is 18.8 Å². The first-order chi connectivity index (χ1) is 22.5. The first-order valence-electron chi connectivity index (χ1n) is 15.6. The number of aromatic nitrogens is 6. The monoisotopic (exact) mass is 635 g/mol. The van der Waals surface area contributed by atoms with Crippen LogP contribution in [0.4, 0.5) is 5.82 Å². The van der Waals surface area contributed by atoms with E-state index in [2.05, 4.69) is 9.97 Å². The minimum atomic E-state index is -0.960. The number of carbonyl (C=O) groups is 2. The number of anilines is 1. The highest BCUT2D eigenvalue weighted by Gasteiger charge is 2.30. The third-order valence-electron chi connectivity index (χ3n) is 8.64. The molecule has 0 spiro atoms. The number of nitrogen functional groups attached to an aromatic ring is 1. The van der Waals surface area contributed by atoms with Gasteiger partial charge in [-0.25, -0.2) is 24.3 Å². The van der Waals surface area contributed by atoms with Crippen LogP contribution in [0.1, 0.15) is 68.7 Å². The zero-order valence-corrected chi connectivity index (χ0v) is 26.8. The molecule has 4 N–H and O–H groups in total. The van der Waals surface area contributed by atoms with Crippen molar-refractivity contribution in [2.24, 2.45) is 11.7 Å². The van der Waals surface area contributed by atoms with E-state index in [1.807, 2.05) is 41.5 Å². The Morgan fingerprint density at radius 3 is 2.19 bits per heavy atom. The summed E-state index contributed by atoms with van der Waals surface area (Å²) < 4.78 is 4.22. The van der Waals surface area contributed by atoms with E-state index in [1.54, 1.807) is 44.3 Å². The second-order valence-electron chi connectivity index (χ2n) is 12.3. The van der Waals surface area contributed by atoms with Crippen LogP contribution in [0, 0.1) is 5.92 Å². The van der Waals surface area contributed by atoms with E-state index in [0.717, 1.165) is 28.8 Å². The molecule has 0 saturated carbocycles. The largest absolute Gasteiger partial charge is 0.382 e. The molecule has 47 heavy (non-hydrogen) atoms. The molecule has 1 aliphatic heterocycles. The Labute approximate surface area is 270 Å². The predicted octanol–water partition coefficient (Wildman–Crippen LogP) is 3.39. The molecule has 0 bridgehead atoms. The van der Waals surface area contributed by atoms with Gasteiger partial charge in [0.15, 0.2) is 0 Å². The van der Waals surface area contributed by atoms with Gasteiger partial charge in [-0.2, -0.15) is 0 Å². The molecule has 1 aromatic carbocycles. The van der Waals surface area contributed by atoms with Gasteiger partial charge in [0, 0.05) is 55.1 Å². The van der Waals surface area contributed by atoms with Crippen molar-refractivity contribution in [3.63, 3.8) is 0 Å². The fraction of sp³-hybridized carbons (Fsp3) is 0.324. The number of rotatable bonds is 7. The molecule has 2 amide bonds. The predicted molar refractivity (Wildman–Crippen MR) is 178 cm³/mol. The SMILES string of the molecule is CC(C)C(=O)N1CCC(c2nc(-c3ccc(-c4c(C(N)=O)c(=O)n(-c5ccccn5)c(=O)n4C(C)C)cc3)c3c(N)nccn23)CC1. The normalized spacial score (nSPS) is 14.0. The van der Waals surface area contributed by atoms with E-state index in [4.69, 9.17) is 16.5 Å². The lowest BCUT2D eigenvalue weighted by molar-refractivity contribution is -0.135. The fourth-order valence-corrected chi connectivity index (χ4v) is 6.38. The first kappa shape index (κ1) is 31.4. The van der Waals surface area contributed by atoms with Crippen molar-refractivity contribution in [2.45, 2.75) is 52.5 Å². The number of hydrogen-bond donors (Lipinski definition) is 2. The molecule has 13 heteroatoms. The van der Waals surface area contributed by atoms with Gasteiger partial charge in [0.05, 0.1) is 5.69 Å². The maximum atomic E-state index is 13.8. The van der Waals surface area contributed by atoms with Crippen LogP contribution >= 0.6 is 0 Å². The number of nitrogens with two attached hydrogens (primary N) is 2. The van der Waals surface area contributed by atoms with Gasteiger partial charge in [-0.1, -0.05) is 44.2 Å². The highest BCUT2D eigenvalue weighted by molar-refractivity contribution is 5.99. The number of amides is 2. The van der Waals surface area contributed by atoms with Crippen LogP contribution < -0.4 is 22.7 Å². The average Bonchev–Trinajstić information content (AvgIpc) is 3.45. The van der Waals surface area contributed by atoms with E-state index < -0.39 is 23.2 Å². The van der Waals surface area contributed by atoms with Crippen LogP contribution in [0.3, 0.4) is 0 Å². The molecule has 6 rings (SSSR count). The summed E-state index contributed by atoms with van der Waals surface area (Å²) in [5.41, 5.74) is 13.0. The molecular weight excluding hydrogens is 598 g/mol. The zero-order chi connectivity index (χ0) is 33.6. The van der Waals surface area contributed by atoms with Crippen molar-refractivity contribution in [3.8, 4) is 28.3 Å². The number of pyridine rings is 1. The highest BCUT2D eigenvalue weighted by atomic mass is 16.2. The summed E-state index contributed by atoms with van der Waals surface area (Å²) in [4.78, 5) is 68.3. The first-order valence-corrected chi connectivity index (χ1v) is 15.6. The van der Waals surface area contributed by atoms with Crippen LogP contribution in [0.2, 0.25) is 0 Å². The summed E-state index contributed by atoms with van der Waals surface area (Å²) in [5, 5.41) is 0. The number of fused-ring (bicyclic) bond motifs is 1. The van der Waals surface area contributed by atoms with Gasteiger partial charge in [-0.3, -0.25) is 23.4 Å². The van der Waals surface area contributed by atoms with Crippen LogP contribution in [-0.2, 0) is 4.79 Å². The lowest BCUT2D eigenvalue weighted by Crippen LogP contribution is -2.44. The number of benzene rings is 1. The Morgan fingerprint density at radius 1 is 0.915 bits per heavy atom. The number of carbonyl (C=O) groups excluding carboxylic acids is 2. The quantitative estimate of drug-likeness (QED) is 0.273. The number of likely N-dealkylation sites (tertiary alicyclic amines) is 1. The molecule has 5 aromatic rings. The average molecular weight is 636 g/mol. The molecule has 13 nitrogen and oxygen atoms in total. The third kappa shape index (κ3) is 5.47. The van der Waals surface area contributed by atoms with Crippen molar-refractivity contribution >= 4 is 23.1 Å². The summed E-state index contributed by atoms with van der Waals surface area (Å²) in [6.45, 7) is 8.71. The molecular formula is C34H37N9O4. The number of hydrogen-bond acceptors (Lipinski definition) is 8. The lowest BCUT2D eigenvalue weighted by atomic mass is 9.95. The molecule has 0 atom stereocenters. The second-order valence-corrected chi connectivity index (χ2v) is 12.3. The smallest absolute Gasteiger partial charge is 0.337 e. The Morgan fingerprint density at radius 2 is 1.60 bits per heavy atom. The van der Waals surface area contributed by atoms with Gasteiger partial charge in [0.25, 0.3) is 11.5 Å². The summed E-state index contributed by atoms with van der Waals surface area (Å²) in [5.74, 6) is 0.504. The van der Waals surface area contributed by atoms with E-state index in [0.29, 0.717) is 35.7 Å². The van der Waals surface area contributed by atoms with Crippen molar-refractivity contribution in [1.82, 2.24) is 33.4 Å². The molecule has 0 aliphatic carbocycles. The van der Waals surface area contributed by atoms with E-state index in [9.17, 15) is 19.2 Å². The summed E-state index contributed by atoms with van der Waals surface area (Å²) in [6.07, 6.45) is 6.48. The molecule has 5 heterocycles. The Balaban J connectivity index is 1.44. The van der Waals surface area contributed by atoms with Gasteiger partial charge >= 0.3 is 5.69 Å². The van der Waals surface area contributed by atoms with E-state index in [-0.39, 0.29) is 34.8 Å². The van der Waals surface area contributed by atoms with Gasteiger partial charge in [-0.15, -0.1) is 0 Å². The zero-order valence-electron chi connectivity index (χ0n) is 26.8. The standard InChI is InChI=1S/C34H37N9O4/c1-19(2)32(45)40-16-12-23(13-17-40)31-39-26(28-29(35)38-15-18-41(28)31)21-8-10-22(11-9-21)27-25(30(36)44)33(46)43(24-7-5-6-14-37-24)34(47)42(27)20(3)4/h5-11,14-15,18-20,23H,12-13,16-17H2,1-4H3,(H2,35,38)(H2,36,44). The Hall–Kier alpha value is -5.59. The van der Waals surface area contributed by atoms with Crippen LogP contribution in [0.5, 0.6) is 0 Å². The number of piperidine rings is 1. The van der Waals surface area contributed by atoms with Gasteiger partial charge < -0.3 is 16.4 Å². The van der Waals surface area contributed by atoms with Crippen molar-refractivity contribution < 1.29 is 9.59 Å². The summed E-state index contributed by atoms with van der Waals surface area (Å²) >= 11 is 0. The molecule has 0 radical (unpaired) electrons. The van der Waals surface area contributed by atoms with Gasteiger partial charge in [0.2, 0.25) is 5.91 Å². The maximum Gasteiger partial charge on any atom is 0.337 e. The fourth-order valence-electron chi connectivity index (χ4n) is 6.38. The molecule has 242 valence electrons. The molecule has 1 fully saturated rings. The Bertz CT molecular complexity index is 2100. The minimum Gasteiger partial charge on any atom is -0.382 e. The molecule has 1 saturated heterocycles. The number of imidazole rings is 1. The van der Waals surface area contributed by atoms with Gasteiger partial charge in [-0.05, 0) is 44.4 Å². The molecule has 1 aliphatic rings. The van der Waals surface area contributed by atoms with Crippen LogP contribution in [0.15, 0.2) is 70.6 Å². The van der Waals surface area contributed by atoms with Crippen molar-refractivity contribution in [1.29, 1.82) is 0 Å². The third-order valence-corrected chi connectivity index (χ3v) is 8.64. The van der Waals surface area contributed by atoms with Gasteiger partial charge in [0.1, 0.15) is 34.2 Å². The van der Waals surface area contributed by atoms with Crippen LogP contribution in [-0.4, -0.2) is 58.3 Å². The Kier molecular flexibility index (Phi) is 8.22. The summed E-state index contributed by atoms with van der Waals surface area (Å²) in [7, 11) is 0. The topological polar surface area (TPSA) is 177 Å².